The number of aryl methyl sites for hydroxylation is 1. The first-order chi connectivity index (χ1) is 16.7. The van der Waals surface area contributed by atoms with Crippen molar-refractivity contribution in [3.8, 4) is 23.6 Å². The van der Waals surface area contributed by atoms with Crippen molar-refractivity contribution in [3.05, 3.63) is 53.3 Å². The number of imidazole rings is 1. The third-order valence-corrected chi connectivity index (χ3v) is 5.20. The Balaban J connectivity index is 2.17. The first kappa shape index (κ1) is 26.6. The van der Waals surface area contributed by atoms with Crippen molar-refractivity contribution in [1.82, 2.24) is 9.38 Å². The number of benzene rings is 1. The predicted molar refractivity (Wildman–Crippen MR) is 129 cm³/mol. The van der Waals surface area contributed by atoms with Crippen molar-refractivity contribution in [2.45, 2.75) is 45.9 Å². The van der Waals surface area contributed by atoms with Crippen LogP contribution in [-0.2, 0) is 9.47 Å². The number of aromatic nitrogens is 2. The van der Waals surface area contributed by atoms with Crippen LogP contribution in [0.1, 0.15) is 48.7 Å². The van der Waals surface area contributed by atoms with E-state index in [4.69, 9.17) is 15.9 Å². The van der Waals surface area contributed by atoms with E-state index < -0.39 is 36.8 Å². The fourth-order valence-corrected chi connectivity index (χ4v) is 3.59. The number of ether oxygens (including phenoxy) is 2. The molecular formula is C26H26F3N3O4. The van der Waals surface area contributed by atoms with Gasteiger partial charge in [0.1, 0.15) is 5.60 Å². The van der Waals surface area contributed by atoms with Crippen molar-refractivity contribution >= 4 is 23.4 Å². The maximum absolute atomic E-state index is 13.1. The zero-order chi connectivity index (χ0) is 26.8. The Morgan fingerprint density at radius 3 is 2.44 bits per heavy atom. The lowest BCUT2D eigenvalue weighted by Crippen LogP contribution is -2.39. The number of nitrogens with zero attached hydrogens (tertiary/aromatic N) is 3. The van der Waals surface area contributed by atoms with Crippen molar-refractivity contribution in [2.75, 3.05) is 18.6 Å². The summed E-state index contributed by atoms with van der Waals surface area (Å²) in [6.07, 6.45) is 2.04. The number of fused-ring (bicyclic) bond motifs is 1. The topological polar surface area (TPSA) is 73.1 Å². The van der Waals surface area contributed by atoms with Crippen LogP contribution >= 0.6 is 0 Å². The van der Waals surface area contributed by atoms with E-state index in [1.165, 1.54) is 19.4 Å². The molecule has 7 nitrogen and oxygen atoms in total. The predicted octanol–water partition coefficient (Wildman–Crippen LogP) is 5.77. The van der Waals surface area contributed by atoms with E-state index in [1.807, 2.05) is 0 Å². The lowest BCUT2D eigenvalue weighted by atomic mass is 10.0. The second kappa shape index (κ2) is 9.93. The fraction of sp³-hybridized carbons (Fsp3) is 0.346. The van der Waals surface area contributed by atoms with Gasteiger partial charge in [-0.2, -0.15) is 13.2 Å². The van der Waals surface area contributed by atoms with Gasteiger partial charge in [-0.15, -0.1) is 6.42 Å². The van der Waals surface area contributed by atoms with E-state index in [2.05, 4.69) is 10.9 Å². The Labute approximate surface area is 206 Å². The average Bonchev–Trinajstić information content (AvgIpc) is 3.20. The van der Waals surface area contributed by atoms with Gasteiger partial charge in [-0.3, -0.25) is 9.30 Å². The summed E-state index contributed by atoms with van der Waals surface area (Å²) in [5, 5.41) is 0. The minimum Gasteiger partial charge on any atom is -0.465 e. The molecular weight excluding hydrogens is 475 g/mol. The van der Waals surface area contributed by atoms with Gasteiger partial charge in [-0.1, -0.05) is 12.0 Å². The van der Waals surface area contributed by atoms with Crippen LogP contribution in [0.3, 0.4) is 0 Å². The molecule has 0 aliphatic carbocycles. The van der Waals surface area contributed by atoms with Gasteiger partial charge in [0.2, 0.25) is 0 Å². The molecule has 190 valence electrons. The standard InChI is InChI=1S/C26H26F3N3O4/c1-7-17-13-20(31(11-10-26(27,28)29)24(34)36-25(3,4)5)22-30-14-21(32(22)15-17)18-8-9-19(16(2)12-18)23(33)35-6/h1,8-9,12-15H,10-11H2,2-6H3. The molecule has 0 aliphatic heterocycles. The highest BCUT2D eigenvalue weighted by Gasteiger charge is 2.32. The number of halogens is 3. The second-order valence-corrected chi connectivity index (χ2v) is 9.11. The van der Waals surface area contributed by atoms with Gasteiger partial charge >= 0.3 is 18.2 Å². The van der Waals surface area contributed by atoms with Gasteiger partial charge in [-0.05, 0) is 51.5 Å². The van der Waals surface area contributed by atoms with Crippen molar-refractivity contribution < 1.29 is 32.2 Å². The van der Waals surface area contributed by atoms with Crippen LogP contribution < -0.4 is 4.90 Å². The molecule has 0 fully saturated rings. The van der Waals surface area contributed by atoms with E-state index in [0.29, 0.717) is 27.9 Å². The number of carbonyl (C=O) groups is 2. The van der Waals surface area contributed by atoms with E-state index in [1.54, 1.807) is 56.5 Å². The van der Waals surface area contributed by atoms with E-state index in [0.717, 1.165) is 4.90 Å². The summed E-state index contributed by atoms with van der Waals surface area (Å²) >= 11 is 0. The zero-order valence-corrected chi connectivity index (χ0v) is 20.6. The average molecular weight is 502 g/mol. The van der Waals surface area contributed by atoms with Crippen LogP contribution in [0.25, 0.3) is 16.9 Å². The molecule has 3 rings (SSSR count). The van der Waals surface area contributed by atoms with Gasteiger partial charge in [-0.25, -0.2) is 14.6 Å². The smallest absolute Gasteiger partial charge is 0.414 e. The number of alkyl halides is 3. The Morgan fingerprint density at radius 1 is 1.19 bits per heavy atom. The fourth-order valence-electron chi connectivity index (χ4n) is 3.59. The third kappa shape index (κ3) is 5.97. The van der Waals surface area contributed by atoms with Crippen LogP contribution in [0.2, 0.25) is 0 Å². The summed E-state index contributed by atoms with van der Waals surface area (Å²) in [4.78, 5) is 30.2. The van der Waals surface area contributed by atoms with Gasteiger partial charge in [0.25, 0.3) is 0 Å². The van der Waals surface area contributed by atoms with E-state index in [-0.39, 0.29) is 11.3 Å². The largest absolute Gasteiger partial charge is 0.465 e. The molecule has 1 amide bonds. The van der Waals surface area contributed by atoms with E-state index in [9.17, 15) is 22.8 Å². The zero-order valence-electron chi connectivity index (χ0n) is 20.6. The number of terminal acetylenes is 1. The number of hydrogen-bond acceptors (Lipinski definition) is 5. The quantitative estimate of drug-likeness (QED) is 0.328. The number of esters is 1. The van der Waals surface area contributed by atoms with Crippen LogP contribution in [0.5, 0.6) is 0 Å². The Hall–Kier alpha value is -4.00. The van der Waals surface area contributed by atoms with Crippen molar-refractivity contribution in [3.63, 3.8) is 0 Å². The molecule has 0 bridgehead atoms. The molecule has 2 heterocycles. The van der Waals surface area contributed by atoms with Crippen LogP contribution in [0.15, 0.2) is 36.7 Å². The lowest BCUT2D eigenvalue weighted by molar-refractivity contribution is -0.132. The number of rotatable bonds is 5. The summed E-state index contributed by atoms with van der Waals surface area (Å²) in [7, 11) is 1.29. The molecule has 0 spiro atoms. The number of anilines is 1. The normalized spacial score (nSPS) is 11.8. The molecule has 0 atom stereocenters. The summed E-state index contributed by atoms with van der Waals surface area (Å²) < 4.78 is 51.1. The van der Waals surface area contributed by atoms with Gasteiger partial charge in [0.15, 0.2) is 5.65 Å². The van der Waals surface area contributed by atoms with Crippen molar-refractivity contribution in [2.24, 2.45) is 0 Å². The monoisotopic (exact) mass is 501 g/mol. The highest BCUT2D eigenvalue weighted by Crippen LogP contribution is 2.31. The number of methoxy groups -OCH3 is 1. The third-order valence-electron chi connectivity index (χ3n) is 5.20. The second-order valence-electron chi connectivity index (χ2n) is 9.11. The summed E-state index contributed by atoms with van der Waals surface area (Å²) in [6.45, 7) is 5.92. The Morgan fingerprint density at radius 2 is 1.89 bits per heavy atom. The highest BCUT2D eigenvalue weighted by molar-refractivity contribution is 5.94. The van der Waals surface area contributed by atoms with Crippen LogP contribution in [-0.4, -0.2) is 46.9 Å². The first-order valence-corrected chi connectivity index (χ1v) is 11.0. The van der Waals surface area contributed by atoms with Gasteiger partial charge in [0.05, 0.1) is 36.7 Å². The van der Waals surface area contributed by atoms with Gasteiger partial charge < -0.3 is 9.47 Å². The lowest BCUT2D eigenvalue weighted by Gasteiger charge is -2.28. The Bertz CT molecular complexity index is 1350. The molecule has 0 N–H and O–H groups in total. The first-order valence-electron chi connectivity index (χ1n) is 11.0. The number of hydrogen-bond donors (Lipinski definition) is 0. The minimum absolute atomic E-state index is 0.0816. The number of amides is 1. The molecule has 36 heavy (non-hydrogen) atoms. The number of pyridine rings is 1. The van der Waals surface area contributed by atoms with Gasteiger partial charge in [0, 0.05) is 23.9 Å². The molecule has 2 aromatic heterocycles. The van der Waals surface area contributed by atoms with E-state index >= 15 is 0 Å². The summed E-state index contributed by atoms with van der Waals surface area (Å²) in [5.41, 5.74) is 1.96. The molecule has 3 aromatic rings. The van der Waals surface area contributed by atoms with Crippen LogP contribution in [0, 0.1) is 19.3 Å². The summed E-state index contributed by atoms with van der Waals surface area (Å²) in [5.74, 6) is 1.99. The molecule has 10 heteroatoms. The molecule has 0 aliphatic rings. The van der Waals surface area contributed by atoms with Crippen LogP contribution in [0.4, 0.5) is 23.7 Å². The summed E-state index contributed by atoms with van der Waals surface area (Å²) in [6, 6.07) is 6.49. The molecule has 0 radical (unpaired) electrons. The maximum atomic E-state index is 13.1. The van der Waals surface area contributed by atoms with Crippen molar-refractivity contribution in [1.29, 1.82) is 0 Å². The maximum Gasteiger partial charge on any atom is 0.414 e. The number of carbonyl (C=O) groups excluding carboxylic acids is 2. The minimum atomic E-state index is -4.50. The molecule has 1 aromatic carbocycles. The Kier molecular flexibility index (Phi) is 7.34. The molecule has 0 saturated heterocycles. The molecule has 0 saturated carbocycles. The SMILES string of the molecule is C#Cc1cc(N(CCC(F)(F)F)C(=O)OC(C)(C)C)c2ncc(-c3ccc(C(=O)OC)c(C)c3)n2c1. The highest BCUT2D eigenvalue weighted by atomic mass is 19.4. The molecule has 0 unspecified atom stereocenters.